The molecule has 10 heteroatoms. The number of aliphatic hydroxyl groups is 1. The molecular weight excluding hydrogens is 435 g/mol. The quantitative estimate of drug-likeness (QED) is 0.437. The summed E-state index contributed by atoms with van der Waals surface area (Å²) in [6, 6.07) is 10.7. The van der Waals surface area contributed by atoms with Crippen molar-refractivity contribution >= 4 is 17.2 Å². The van der Waals surface area contributed by atoms with Gasteiger partial charge in [-0.3, -0.25) is 9.20 Å². The number of fused-ring (bicyclic) bond motifs is 1. The highest BCUT2D eigenvalue weighted by Crippen LogP contribution is 2.26. The zero-order valence-corrected chi connectivity index (χ0v) is 17.4. The Balaban J connectivity index is 1.57. The maximum atomic E-state index is 12.4. The second kappa shape index (κ2) is 8.99. The molecule has 0 bridgehead atoms. The molecule has 170 valence electrons. The Hall–Kier alpha value is -3.79. The number of nitrogens with zero attached hydrogens (tertiary/aromatic N) is 4. The van der Waals surface area contributed by atoms with Crippen molar-refractivity contribution in [2.24, 2.45) is 0 Å². The third-order valence-corrected chi connectivity index (χ3v) is 5.15. The molecule has 1 aromatic carbocycles. The summed E-state index contributed by atoms with van der Waals surface area (Å²) in [5, 5.41) is 9.22. The first-order valence-electron chi connectivity index (χ1n) is 10.1. The van der Waals surface area contributed by atoms with Gasteiger partial charge in [-0.1, -0.05) is 18.2 Å². The minimum Gasteiger partial charge on any atom is -0.391 e. The van der Waals surface area contributed by atoms with Crippen LogP contribution in [-0.2, 0) is 17.8 Å². The number of aliphatic hydroxyl groups excluding tert-OH is 1. The Kier molecular flexibility index (Phi) is 6.10. The summed E-state index contributed by atoms with van der Waals surface area (Å²) >= 11 is 0. The summed E-state index contributed by atoms with van der Waals surface area (Å²) in [4.78, 5) is 24.8. The van der Waals surface area contributed by atoms with Crippen molar-refractivity contribution in [2.75, 3.05) is 5.73 Å². The normalized spacial score (nSPS) is 11.8. The molecule has 0 saturated heterocycles. The van der Waals surface area contributed by atoms with Gasteiger partial charge in [0, 0.05) is 41.9 Å². The van der Waals surface area contributed by atoms with E-state index in [-0.39, 0.29) is 18.8 Å². The Morgan fingerprint density at radius 3 is 2.64 bits per heavy atom. The number of nitrogen functional groups attached to an aromatic ring is 1. The predicted octanol–water partition coefficient (Wildman–Crippen LogP) is 3.99. The van der Waals surface area contributed by atoms with Crippen LogP contribution in [0.2, 0.25) is 0 Å². The lowest BCUT2D eigenvalue weighted by molar-refractivity contribution is -0.143. The van der Waals surface area contributed by atoms with Crippen LogP contribution in [-0.4, -0.2) is 36.4 Å². The van der Waals surface area contributed by atoms with Crippen LogP contribution in [0, 0.1) is 0 Å². The molecule has 33 heavy (non-hydrogen) atoms. The van der Waals surface area contributed by atoms with E-state index in [0.29, 0.717) is 28.2 Å². The maximum absolute atomic E-state index is 12.4. The average Bonchev–Trinajstić information content (AvgIpc) is 3.21. The summed E-state index contributed by atoms with van der Waals surface area (Å²) in [7, 11) is 0. The third kappa shape index (κ3) is 5.17. The van der Waals surface area contributed by atoms with Crippen LogP contribution in [0.25, 0.3) is 28.3 Å². The second-order valence-corrected chi connectivity index (χ2v) is 7.58. The van der Waals surface area contributed by atoms with Crippen molar-refractivity contribution in [3.05, 3.63) is 66.1 Å². The van der Waals surface area contributed by atoms with Gasteiger partial charge in [-0.05, 0) is 23.8 Å². The number of alkyl halides is 3. The molecule has 0 fully saturated rings. The fourth-order valence-corrected chi connectivity index (χ4v) is 3.45. The van der Waals surface area contributed by atoms with E-state index in [9.17, 15) is 23.1 Å². The summed E-state index contributed by atoms with van der Waals surface area (Å²) in [5.41, 5.74) is 9.79. The van der Waals surface area contributed by atoms with Crippen LogP contribution < -0.4 is 5.73 Å². The van der Waals surface area contributed by atoms with Crippen molar-refractivity contribution in [1.82, 2.24) is 19.4 Å². The van der Waals surface area contributed by atoms with Gasteiger partial charge in [0.1, 0.15) is 17.2 Å². The number of hydrogen-bond acceptors (Lipinski definition) is 6. The summed E-state index contributed by atoms with van der Waals surface area (Å²) < 4.78 is 38.9. The number of anilines is 1. The van der Waals surface area contributed by atoms with Crippen LogP contribution >= 0.6 is 0 Å². The smallest absolute Gasteiger partial charge is 0.389 e. The van der Waals surface area contributed by atoms with Crippen molar-refractivity contribution < 1.29 is 23.1 Å². The molecule has 0 amide bonds. The van der Waals surface area contributed by atoms with Crippen molar-refractivity contribution in [3.8, 4) is 22.6 Å². The number of imidazole rings is 1. The first kappa shape index (κ1) is 22.4. The fraction of sp³-hybridized carbons (Fsp3) is 0.217. The van der Waals surface area contributed by atoms with Crippen LogP contribution in [0.5, 0.6) is 0 Å². The largest absolute Gasteiger partial charge is 0.391 e. The van der Waals surface area contributed by atoms with Crippen LogP contribution in [0.3, 0.4) is 0 Å². The second-order valence-electron chi connectivity index (χ2n) is 7.58. The number of pyridine rings is 1. The van der Waals surface area contributed by atoms with Gasteiger partial charge in [-0.25, -0.2) is 15.0 Å². The van der Waals surface area contributed by atoms with E-state index >= 15 is 0 Å². The number of rotatable bonds is 7. The Labute approximate surface area is 186 Å². The van der Waals surface area contributed by atoms with Crippen molar-refractivity contribution in [2.45, 2.75) is 32.0 Å². The molecule has 0 aliphatic heterocycles. The molecule has 0 atom stereocenters. The highest BCUT2D eigenvalue weighted by Gasteiger charge is 2.27. The minimum absolute atomic E-state index is 0.0621. The first-order valence-corrected chi connectivity index (χ1v) is 10.1. The molecule has 0 spiro atoms. The molecule has 4 aromatic rings. The van der Waals surface area contributed by atoms with Crippen LogP contribution in [0.15, 0.2) is 55.0 Å². The van der Waals surface area contributed by atoms with E-state index < -0.39 is 24.8 Å². The number of hydrogen-bond donors (Lipinski definition) is 2. The molecule has 3 aromatic heterocycles. The SMILES string of the molecule is Nc1nc(-c2ccn3c(-c4cccc(CC(=O)CCC(F)(F)F)c4)cnc3c2)ncc1CO. The van der Waals surface area contributed by atoms with Gasteiger partial charge in [0.25, 0.3) is 0 Å². The van der Waals surface area contributed by atoms with Crippen LogP contribution in [0.4, 0.5) is 19.0 Å². The molecule has 0 saturated carbocycles. The van der Waals surface area contributed by atoms with E-state index in [1.807, 2.05) is 10.5 Å². The monoisotopic (exact) mass is 455 g/mol. The maximum Gasteiger partial charge on any atom is 0.389 e. The number of halogens is 3. The van der Waals surface area contributed by atoms with Gasteiger partial charge in [0.2, 0.25) is 0 Å². The molecule has 3 N–H and O–H groups in total. The average molecular weight is 455 g/mol. The van der Waals surface area contributed by atoms with Gasteiger partial charge in [-0.2, -0.15) is 13.2 Å². The molecule has 0 aliphatic carbocycles. The molecular formula is C23H20F3N5O2. The van der Waals surface area contributed by atoms with Gasteiger partial charge in [-0.15, -0.1) is 0 Å². The van der Waals surface area contributed by atoms with E-state index in [2.05, 4.69) is 15.0 Å². The zero-order valence-electron chi connectivity index (χ0n) is 17.4. The lowest BCUT2D eigenvalue weighted by atomic mass is 10.0. The van der Waals surface area contributed by atoms with Crippen LogP contribution in [0.1, 0.15) is 24.0 Å². The van der Waals surface area contributed by atoms with Gasteiger partial charge in [0.05, 0.1) is 24.9 Å². The Morgan fingerprint density at radius 2 is 1.91 bits per heavy atom. The summed E-state index contributed by atoms with van der Waals surface area (Å²) in [6.07, 6.45) is -1.10. The van der Waals surface area contributed by atoms with Crippen molar-refractivity contribution in [1.29, 1.82) is 0 Å². The van der Waals surface area contributed by atoms with E-state index in [1.165, 1.54) is 6.20 Å². The lowest BCUT2D eigenvalue weighted by Gasteiger charge is -2.08. The highest BCUT2D eigenvalue weighted by atomic mass is 19.4. The standard InChI is InChI=1S/C23H20F3N5O2/c24-23(25,26)6-4-18(33)9-14-2-1-3-15(8-14)19-12-28-20-10-16(5-7-31(19)20)22-29-11-17(13-32)21(27)30-22/h1-3,5,7-8,10-12,32H,4,6,9,13H2,(H2,27,29,30). The predicted molar refractivity (Wildman–Crippen MR) is 116 cm³/mol. The fourth-order valence-electron chi connectivity index (χ4n) is 3.45. The zero-order chi connectivity index (χ0) is 23.6. The topological polar surface area (TPSA) is 106 Å². The molecule has 0 aliphatic rings. The van der Waals surface area contributed by atoms with E-state index in [4.69, 9.17) is 5.73 Å². The third-order valence-electron chi connectivity index (χ3n) is 5.15. The summed E-state index contributed by atoms with van der Waals surface area (Å²) in [5.74, 6) is 0.142. The summed E-state index contributed by atoms with van der Waals surface area (Å²) in [6.45, 7) is -0.248. The molecule has 7 nitrogen and oxygen atoms in total. The number of carbonyl (C=O) groups is 1. The number of Topliss-reactive ketones (excluding diaryl/α,β-unsaturated/α-hetero) is 1. The Bertz CT molecular complexity index is 1320. The van der Waals surface area contributed by atoms with Gasteiger partial charge < -0.3 is 10.8 Å². The Morgan fingerprint density at radius 1 is 1.09 bits per heavy atom. The molecule has 0 radical (unpaired) electrons. The van der Waals surface area contributed by atoms with E-state index in [1.54, 1.807) is 42.7 Å². The van der Waals surface area contributed by atoms with Gasteiger partial charge in [0.15, 0.2) is 5.82 Å². The molecule has 4 rings (SSSR count). The number of carbonyl (C=O) groups excluding carboxylic acids is 1. The molecule has 0 unspecified atom stereocenters. The minimum atomic E-state index is -4.34. The number of ketones is 1. The lowest BCUT2D eigenvalue weighted by Crippen LogP contribution is -2.12. The number of benzene rings is 1. The molecule has 3 heterocycles. The number of nitrogens with two attached hydrogens (primary N) is 1. The van der Waals surface area contributed by atoms with Crippen molar-refractivity contribution in [3.63, 3.8) is 0 Å². The number of aromatic nitrogens is 4. The van der Waals surface area contributed by atoms with Gasteiger partial charge >= 0.3 is 6.18 Å². The van der Waals surface area contributed by atoms with E-state index in [0.717, 1.165) is 11.3 Å². The highest BCUT2D eigenvalue weighted by molar-refractivity contribution is 5.81. The first-order chi connectivity index (χ1) is 15.7.